The molecule has 0 aliphatic carbocycles. The van der Waals surface area contributed by atoms with E-state index in [0.29, 0.717) is 16.3 Å². The Bertz CT molecular complexity index is 728. The molecule has 1 aliphatic rings. The van der Waals surface area contributed by atoms with E-state index in [1.807, 2.05) is 13.8 Å². The van der Waals surface area contributed by atoms with E-state index in [1.165, 1.54) is 7.11 Å². The van der Waals surface area contributed by atoms with Gasteiger partial charge < -0.3 is 19.5 Å². The summed E-state index contributed by atoms with van der Waals surface area (Å²) in [5, 5.41) is 3.22. The third-order valence-corrected chi connectivity index (χ3v) is 4.66. The summed E-state index contributed by atoms with van der Waals surface area (Å²) in [6.07, 6.45) is -0.871. The number of hydrogen-bond donors (Lipinski definition) is 1. The average molecular weight is 368 g/mol. The van der Waals surface area contributed by atoms with E-state index in [1.54, 1.807) is 32.0 Å². The Kier molecular flexibility index (Phi) is 5.62. The molecule has 0 aromatic heterocycles. The molecular formula is C18H22ClNO5. The van der Waals surface area contributed by atoms with Crippen LogP contribution in [0.4, 0.5) is 4.79 Å². The molecule has 2 rings (SSSR count). The van der Waals surface area contributed by atoms with Crippen LogP contribution in [0.1, 0.15) is 33.3 Å². The number of carbonyl (C=O) groups excluding carboxylic acids is 2. The van der Waals surface area contributed by atoms with Gasteiger partial charge in [0.25, 0.3) is 5.91 Å². The van der Waals surface area contributed by atoms with Crippen molar-refractivity contribution in [2.24, 2.45) is 5.92 Å². The summed E-state index contributed by atoms with van der Waals surface area (Å²) >= 11 is 6.32. The van der Waals surface area contributed by atoms with Crippen molar-refractivity contribution in [1.82, 2.24) is 5.32 Å². The molecule has 1 aromatic rings. The van der Waals surface area contributed by atoms with Crippen LogP contribution in [-0.2, 0) is 14.3 Å². The van der Waals surface area contributed by atoms with Gasteiger partial charge >= 0.3 is 6.16 Å². The highest BCUT2D eigenvalue weighted by Crippen LogP contribution is 2.43. The lowest BCUT2D eigenvalue weighted by Gasteiger charge is -2.30. The third-order valence-electron chi connectivity index (χ3n) is 4.35. The maximum Gasteiger partial charge on any atom is 0.513 e. The van der Waals surface area contributed by atoms with Crippen molar-refractivity contribution in [3.63, 3.8) is 0 Å². The maximum absolute atomic E-state index is 12.7. The van der Waals surface area contributed by atoms with Crippen molar-refractivity contribution >= 4 is 29.2 Å². The topological polar surface area (TPSA) is 73.9 Å². The molecule has 136 valence electrons. The van der Waals surface area contributed by atoms with Crippen molar-refractivity contribution < 1.29 is 23.8 Å². The Labute approximate surface area is 152 Å². The minimum atomic E-state index is -0.886. The molecule has 1 atom stereocenters. The van der Waals surface area contributed by atoms with Gasteiger partial charge in [-0.3, -0.25) is 4.79 Å². The predicted octanol–water partition coefficient (Wildman–Crippen LogP) is 3.78. The lowest BCUT2D eigenvalue weighted by atomic mass is 9.86. The molecule has 0 spiro atoms. The molecule has 0 saturated heterocycles. The largest absolute Gasteiger partial charge is 0.513 e. The van der Waals surface area contributed by atoms with Crippen molar-refractivity contribution in [1.29, 1.82) is 0 Å². The monoisotopic (exact) mass is 367 g/mol. The first-order valence-electron chi connectivity index (χ1n) is 8.01. The fraction of sp³-hybridized carbons (Fsp3) is 0.444. The SMILES string of the molecule is CCOC(=O)OC1=C(c2c(Cl)cccc2OC)C(=O)NC1(C)C(C)C. The van der Waals surface area contributed by atoms with Gasteiger partial charge in [-0.15, -0.1) is 0 Å². The van der Waals surface area contributed by atoms with Crippen molar-refractivity contribution in [3.05, 3.63) is 34.5 Å². The second-order valence-electron chi connectivity index (χ2n) is 6.12. The zero-order chi connectivity index (χ0) is 18.8. The van der Waals surface area contributed by atoms with Crippen LogP contribution < -0.4 is 10.1 Å². The first kappa shape index (κ1) is 19.1. The van der Waals surface area contributed by atoms with Crippen molar-refractivity contribution in [3.8, 4) is 5.75 Å². The summed E-state index contributed by atoms with van der Waals surface area (Å²) in [5.74, 6) is 0.154. The predicted molar refractivity (Wildman–Crippen MR) is 94.4 cm³/mol. The summed E-state index contributed by atoms with van der Waals surface area (Å²) in [5.41, 5.74) is -0.330. The minimum Gasteiger partial charge on any atom is -0.496 e. The minimum absolute atomic E-state index is 0.0492. The lowest BCUT2D eigenvalue weighted by Crippen LogP contribution is -2.47. The molecule has 1 aromatic carbocycles. The Morgan fingerprint density at radius 2 is 2.04 bits per heavy atom. The molecule has 1 aliphatic heterocycles. The van der Waals surface area contributed by atoms with Gasteiger partial charge in [-0.2, -0.15) is 0 Å². The first-order valence-corrected chi connectivity index (χ1v) is 8.38. The molecule has 7 heteroatoms. The third kappa shape index (κ3) is 3.44. The van der Waals surface area contributed by atoms with Crippen molar-refractivity contribution in [2.45, 2.75) is 33.2 Å². The molecule has 0 saturated carbocycles. The molecule has 1 heterocycles. The van der Waals surface area contributed by atoms with E-state index in [-0.39, 0.29) is 29.8 Å². The van der Waals surface area contributed by atoms with Crippen LogP contribution in [0.2, 0.25) is 5.02 Å². The smallest absolute Gasteiger partial charge is 0.496 e. The van der Waals surface area contributed by atoms with Gasteiger partial charge in [0.05, 0.1) is 35.4 Å². The zero-order valence-electron chi connectivity index (χ0n) is 14.9. The van der Waals surface area contributed by atoms with E-state index < -0.39 is 11.7 Å². The van der Waals surface area contributed by atoms with E-state index >= 15 is 0 Å². The molecule has 1 unspecified atom stereocenters. The number of halogens is 1. The Hall–Kier alpha value is -2.21. The number of ether oxygens (including phenoxy) is 3. The Morgan fingerprint density at radius 3 is 2.60 bits per heavy atom. The molecule has 0 bridgehead atoms. The van der Waals surface area contributed by atoms with Gasteiger partial charge in [0.2, 0.25) is 0 Å². The number of rotatable bonds is 5. The van der Waals surface area contributed by atoms with Crippen LogP contribution in [0.5, 0.6) is 5.75 Å². The van der Waals surface area contributed by atoms with Gasteiger partial charge in [0.1, 0.15) is 5.75 Å². The van der Waals surface area contributed by atoms with Crippen LogP contribution in [-0.4, -0.2) is 31.3 Å². The van der Waals surface area contributed by atoms with Crippen LogP contribution in [0.3, 0.4) is 0 Å². The highest BCUT2D eigenvalue weighted by atomic mass is 35.5. The van der Waals surface area contributed by atoms with Crippen LogP contribution in [0.15, 0.2) is 24.0 Å². The van der Waals surface area contributed by atoms with E-state index in [2.05, 4.69) is 5.32 Å². The summed E-state index contributed by atoms with van der Waals surface area (Å²) in [6, 6.07) is 5.05. The van der Waals surface area contributed by atoms with E-state index in [9.17, 15) is 9.59 Å². The standard InChI is InChI=1S/C18H22ClNO5/c1-6-24-17(22)25-15-14(16(21)20-18(15,4)10(2)3)13-11(19)8-7-9-12(13)23-5/h7-10H,6H2,1-5H3,(H,20,21). The second-order valence-corrected chi connectivity index (χ2v) is 6.52. The van der Waals surface area contributed by atoms with Crippen LogP contribution >= 0.6 is 11.6 Å². The number of amides is 1. The van der Waals surface area contributed by atoms with Crippen molar-refractivity contribution in [2.75, 3.05) is 13.7 Å². The number of hydrogen-bond acceptors (Lipinski definition) is 5. The molecular weight excluding hydrogens is 346 g/mol. The van der Waals surface area contributed by atoms with E-state index in [0.717, 1.165) is 0 Å². The van der Waals surface area contributed by atoms with Gasteiger partial charge in [0, 0.05) is 0 Å². The molecule has 6 nitrogen and oxygen atoms in total. The number of benzene rings is 1. The normalized spacial score (nSPS) is 19.9. The van der Waals surface area contributed by atoms with E-state index in [4.69, 9.17) is 25.8 Å². The molecule has 0 fully saturated rings. The van der Waals surface area contributed by atoms with Gasteiger partial charge in [-0.05, 0) is 31.9 Å². The lowest BCUT2D eigenvalue weighted by molar-refractivity contribution is -0.116. The fourth-order valence-corrected chi connectivity index (χ4v) is 2.92. The van der Waals surface area contributed by atoms with Gasteiger partial charge in [-0.25, -0.2) is 4.79 Å². The molecule has 25 heavy (non-hydrogen) atoms. The molecule has 0 radical (unpaired) electrons. The van der Waals surface area contributed by atoms with Crippen LogP contribution in [0, 0.1) is 5.92 Å². The summed E-state index contributed by atoms with van der Waals surface area (Å²) in [4.78, 5) is 24.7. The number of nitrogens with one attached hydrogen (secondary N) is 1. The zero-order valence-corrected chi connectivity index (χ0v) is 15.7. The molecule has 1 N–H and O–H groups in total. The van der Waals surface area contributed by atoms with Gasteiger partial charge in [-0.1, -0.05) is 31.5 Å². The highest BCUT2D eigenvalue weighted by molar-refractivity contribution is 6.36. The second kappa shape index (κ2) is 7.35. The fourth-order valence-electron chi connectivity index (χ4n) is 2.66. The first-order chi connectivity index (χ1) is 11.8. The van der Waals surface area contributed by atoms with Gasteiger partial charge in [0.15, 0.2) is 5.76 Å². The number of carbonyl (C=O) groups is 2. The summed E-state index contributed by atoms with van der Waals surface area (Å²) in [7, 11) is 1.48. The van der Waals surface area contributed by atoms with Crippen LogP contribution in [0.25, 0.3) is 5.57 Å². The quantitative estimate of drug-likeness (QED) is 0.802. The Balaban J connectivity index is 2.71. The average Bonchev–Trinajstić information content (AvgIpc) is 2.79. The summed E-state index contributed by atoms with van der Waals surface area (Å²) in [6.45, 7) is 7.47. The summed E-state index contributed by atoms with van der Waals surface area (Å²) < 4.78 is 15.7. The molecule has 1 amide bonds. The Morgan fingerprint density at radius 1 is 1.36 bits per heavy atom. The highest BCUT2D eigenvalue weighted by Gasteiger charge is 2.48. The number of methoxy groups -OCH3 is 1. The maximum atomic E-state index is 12.7.